The number of benzene rings is 2. The molecule has 0 unspecified atom stereocenters. The third-order valence-corrected chi connectivity index (χ3v) is 8.36. The first-order valence-electron chi connectivity index (χ1n) is 10.3. The van der Waals surface area contributed by atoms with Crippen LogP contribution in [0.4, 0.5) is 4.39 Å². The molecule has 2 aromatic carbocycles. The summed E-state index contributed by atoms with van der Waals surface area (Å²) in [6.45, 7) is 2.05. The predicted octanol–water partition coefficient (Wildman–Crippen LogP) is 2.46. The second kappa shape index (κ2) is 8.75. The Morgan fingerprint density at radius 2 is 1.67 bits per heavy atom. The fourth-order valence-corrected chi connectivity index (χ4v) is 6.10. The summed E-state index contributed by atoms with van der Waals surface area (Å²) in [4.78, 5) is 19.9. The van der Waals surface area contributed by atoms with Gasteiger partial charge in [0, 0.05) is 44.4 Å². The number of hydrogen-bond donors (Lipinski definition) is 0. The Kier molecular flexibility index (Phi) is 5.79. The zero-order chi connectivity index (χ0) is 23.0. The van der Waals surface area contributed by atoms with Gasteiger partial charge in [-0.25, -0.2) is 17.8 Å². The molecule has 0 N–H and O–H groups in total. The molecule has 1 aliphatic heterocycles. The van der Waals surface area contributed by atoms with Crippen molar-refractivity contribution in [3.05, 3.63) is 82.5 Å². The highest BCUT2D eigenvalue weighted by Gasteiger charge is 2.28. The first kappa shape index (κ1) is 21.8. The van der Waals surface area contributed by atoms with Gasteiger partial charge in [0.1, 0.15) is 10.8 Å². The van der Waals surface area contributed by atoms with E-state index in [0.29, 0.717) is 43.4 Å². The molecule has 1 aliphatic rings. The van der Waals surface area contributed by atoms with Gasteiger partial charge in [-0.1, -0.05) is 41.7 Å². The largest absolute Gasteiger partial charge is 0.295 e. The third-order valence-electron chi connectivity index (χ3n) is 5.49. The Morgan fingerprint density at radius 1 is 0.970 bits per heavy atom. The van der Waals surface area contributed by atoms with Gasteiger partial charge in [0.05, 0.1) is 10.6 Å². The molecule has 0 radical (unpaired) electrons. The van der Waals surface area contributed by atoms with E-state index in [0.717, 1.165) is 22.7 Å². The highest BCUT2D eigenvalue weighted by Crippen LogP contribution is 2.24. The lowest BCUT2D eigenvalue weighted by Gasteiger charge is -2.33. The van der Waals surface area contributed by atoms with Crippen molar-refractivity contribution in [2.75, 3.05) is 26.2 Å². The molecule has 1 fully saturated rings. The molecule has 0 bridgehead atoms. The summed E-state index contributed by atoms with van der Waals surface area (Å²) in [5.74, 6) is -0.476. The third kappa shape index (κ3) is 4.44. The van der Waals surface area contributed by atoms with Crippen LogP contribution in [-0.2, 0) is 16.6 Å². The fourth-order valence-electron chi connectivity index (χ4n) is 3.75. The maximum atomic E-state index is 13.1. The van der Waals surface area contributed by atoms with Crippen molar-refractivity contribution in [1.82, 2.24) is 23.8 Å². The zero-order valence-electron chi connectivity index (χ0n) is 17.5. The van der Waals surface area contributed by atoms with Crippen LogP contribution in [0.15, 0.2) is 70.4 Å². The maximum absolute atomic E-state index is 13.1. The van der Waals surface area contributed by atoms with Gasteiger partial charge < -0.3 is 0 Å². The molecule has 0 spiro atoms. The Morgan fingerprint density at radius 3 is 2.36 bits per heavy atom. The van der Waals surface area contributed by atoms with Gasteiger partial charge in [-0.3, -0.25) is 9.69 Å². The van der Waals surface area contributed by atoms with Gasteiger partial charge in [0.2, 0.25) is 15.0 Å². The Balaban J connectivity index is 1.29. The minimum atomic E-state index is -3.67. The molecular weight excluding hydrogens is 465 g/mol. The van der Waals surface area contributed by atoms with Crippen molar-refractivity contribution in [2.24, 2.45) is 0 Å². The number of rotatable bonds is 5. The summed E-state index contributed by atoms with van der Waals surface area (Å²) in [5.41, 5.74) is 1.30. The van der Waals surface area contributed by atoms with Crippen molar-refractivity contribution >= 4 is 26.3 Å². The highest BCUT2D eigenvalue weighted by atomic mass is 32.2. The van der Waals surface area contributed by atoms with Crippen LogP contribution < -0.4 is 5.56 Å². The Bertz CT molecular complexity index is 1450. The standard InChI is InChI=1S/C22H20FN5O3S2/c23-17-6-8-19(9-7-17)33(30,31)27-12-10-26(11-13-27)15-18-14-20(29)28-22(24-18)32-21(25-28)16-4-2-1-3-5-16/h1-9,14H,10-13,15H2. The average Bonchev–Trinajstić information content (AvgIpc) is 3.25. The summed E-state index contributed by atoms with van der Waals surface area (Å²) in [5, 5.41) is 5.11. The number of piperazine rings is 1. The number of nitrogens with zero attached hydrogens (tertiary/aromatic N) is 5. The minimum absolute atomic E-state index is 0.0805. The van der Waals surface area contributed by atoms with Gasteiger partial charge in [-0.05, 0) is 24.3 Å². The predicted molar refractivity (Wildman–Crippen MR) is 123 cm³/mol. The van der Waals surface area contributed by atoms with Crippen molar-refractivity contribution < 1.29 is 12.8 Å². The van der Waals surface area contributed by atoms with Crippen LogP contribution in [0.3, 0.4) is 0 Å². The second-order valence-electron chi connectivity index (χ2n) is 7.69. The Labute approximate surface area is 193 Å². The summed E-state index contributed by atoms with van der Waals surface area (Å²) in [6, 6.07) is 15.9. The van der Waals surface area contributed by atoms with Gasteiger partial charge in [-0.15, -0.1) is 0 Å². The molecule has 2 aromatic heterocycles. The number of fused-ring (bicyclic) bond motifs is 1. The quantitative estimate of drug-likeness (QED) is 0.432. The van der Waals surface area contributed by atoms with Crippen LogP contribution >= 0.6 is 11.3 Å². The molecule has 4 aromatic rings. The number of aromatic nitrogens is 3. The van der Waals surface area contributed by atoms with E-state index >= 15 is 0 Å². The van der Waals surface area contributed by atoms with Crippen molar-refractivity contribution in [1.29, 1.82) is 0 Å². The molecule has 3 heterocycles. The molecule has 0 amide bonds. The van der Waals surface area contributed by atoms with E-state index < -0.39 is 15.8 Å². The minimum Gasteiger partial charge on any atom is -0.295 e. The molecular formula is C22H20FN5O3S2. The van der Waals surface area contributed by atoms with Crippen LogP contribution in [-0.4, -0.2) is 58.4 Å². The molecule has 0 aliphatic carbocycles. The van der Waals surface area contributed by atoms with Gasteiger partial charge in [-0.2, -0.15) is 13.9 Å². The first-order valence-corrected chi connectivity index (χ1v) is 12.6. The topological polar surface area (TPSA) is 87.9 Å². The van der Waals surface area contributed by atoms with E-state index in [-0.39, 0.29) is 10.5 Å². The zero-order valence-corrected chi connectivity index (χ0v) is 19.1. The van der Waals surface area contributed by atoms with Crippen molar-refractivity contribution in [3.8, 4) is 10.6 Å². The lowest BCUT2D eigenvalue weighted by atomic mass is 10.2. The molecule has 5 rings (SSSR count). The molecule has 11 heteroatoms. The fraction of sp³-hybridized carbons (Fsp3) is 0.227. The van der Waals surface area contributed by atoms with Crippen LogP contribution in [0.2, 0.25) is 0 Å². The molecule has 0 saturated carbocycles. The lowest BCUT2D eigenvalue weighted by Crippen LogP contribution is -2.48. The highest BCUT2D eigenvalue weighted by molar-refractivity contribution is 7.89. The molecule has 1 saturated heterocycles. The second-order valence-corrected chi connectivity index (χ2v) is 10.6. The van der Waals surface area contributed by atoms with Crippen molar-refractivity contribution in [3.63, 3.8) is 0 Å². The van der Waals surface area contributed by atoms with Crippen LogP contribution in [0, 0.1) is 5.82 Å². The Hall–Kier alpha value is -2.99. The number of sulfonamides is 1. The SMILES string of the molecule is O=c1cc(CN2CCN(S(=O)(=O)c3ccc(F)cc3)CC2)nc2sc(-c3ccccc3)nn12. The van der Waals surface area contributed by atoms with E-state index in [1.807, 2.05) is 30.3 Å². The van der Waals surface area contributed by atoms with Crippen LogP contribution in [0.1, 0.15) is 5.69 Å². The average molecular weight is 486 g/mol. The molecule has 33 heavy (non-hydrogen) atoms. The van der Waals surface area contributed by atoms with E-state index in [4.69, 9.17) is 0 Å². The van der Waals surface area contributed by atoms with Crippen LogP contribution in [0.25, 0.3) is 15.5 Å². The van der Waals surface area contributed by atoms with E-state index in [2.05, 4.69) is 15.0 Å². The van der Waals surface area contributed by atoms with Gasteiger partial charge in [0.25, 0.3) is 5.56 Å². The summed E-state index contributed by atoms with van der Waals surface area (Å²) in [7, 11) is -3.67. The number of halogens is 1. The van der Waals surface area contributed by atoms with Crippen LogP contribution in [0.5, 0.6) is 0 Å². The van der Waals surface area contributed by atoms with E-state index in [1.165, 1.54) is 38.4 Å². The smallest absolute Gasteiger partial charge is 0.275 e. The molecule has 170 valence electrons. The van der Waals surface area contributed by atoms with Crippen molar-refractivity contribution in [2.45, 2.75) is 11.4 Å². The first-order chi connectivity index (χ1) is 15.9. The summed E-state index contributed by atoms with van der Waals surface area (Å²) >= 11 is 1.35. The number of hydrogen-bond acceptors (Lipinski definition) is 7. The normalized spacial score (nSPS) is 15.8. The summed E-state index contributed by atoms with van der Waals surface area (Å²) < 4.78 is 41.4. The maximum Gasteiger partial charge on any atom is 0.275 e. The molecule has 8 nitrogen and oxygen atoms in total. The lowest BCUT2D eigenvalue weighted by molar-refractivity contribution is 0.180. The van der Waals surface area contributed by atoms with Gasteiger partial charge >= 0.3 is 0 Å². The van der Waals surface area contributed by atoms with E-state index in [9.17, 15) is 17.6 Å². The van der Waals surface area contributed by atoms with E-state index in [1.54, 1.807) is 0 Å². The summed E-state index contributed by atoms with van der Waals surface area (Å²) in [6.07, 6.45) is 0. The molecule has 0 atom stereocenters. The monoisotopic (exact) mass is 485 g/mol. The van der Waals surface area contributed by atoms with Gasteiger partial charge in [0.15, 0.2) is 0 Å².